The molecule has 1 aromatic carbocycles. The lowest BCUT2D eigenvalue weighted by atomic mass is 9.91. The smallest absolute Gasteiger partial charge is 0.225 e. The average Bonchev–Trinajstić information content (AvgIpc) is 2.72. The van der Waals surface area contributed by atoms with Crippen molar-refractivity contribution < 1.29 is 4.79 Å². The van der Waals surface area contributed by atoms with Crippen molar-refractivity contribution in [2.45, 2.75) is 38.6 Å². The Bertz CT molecular complexity index is 673. The van der Waals surface area contributed by atoms with E-state index >= 15 is 0 Å². The van der Waals surface area contributed by atoms with Gasteiger partial charge < -0.3 is 9.88 Å². The minimum atomic E-state index is 0.192. The molecule has 0 spiro atoms. The fourth-order valence-electron chi connectivity index (χ4n) is 3.89. The van der Waals surface area contributed by atoms with Gasteiger partial charge in [-0.1, -0.05) is 25.1 Å². The summed E-state index contributed by atoms with van der Waals surface area (Å²) in [6.45, 7) is 2.97. The van der Waals surface area contributed by atoms with Gasteiger partial charge in [0.05, 0.1) is 6.04 Å². The van der Waals surface area contributed by atoms with Gasteiger partial charge >= 0.3 is 0 Å². The van der Waals surface area contributed by atoms with Crippen LogP contribution in [0.25, 0.3) is 10.9 Å². The summed E-state index contributed by atoms with van der Waals surface area (Å²) in [6, 6.07) is 8.79. The molecule has 1 aromatic heterocycles. The number of aromatic amines is 1. The number of carbonyl (C=O) groups is 1. The molecule has 3 heteroatoms. The summed E-state index contributed by atoms with van der Waals surface area (Å²) in [4.78, 5) is 18.2. The molecule has 0 aliphatic carbocycles. The van der Waals surface area contributed by atoms with Crippen molar-refractivity contribution in [2.24, 2.45) is 5.92 Å². The highest BCUT2D eigenvalue weighted by atomic mass is 16.2. The van der Waals surface area contributed by atoms with Crippen LogP contribution in [0.15, 0.2) is 24.3 Å². The lowest BCUT2D eigenvalue weighted by Gasteiger charge is -2.37. The molecule has 104 valence electrons. The van der Waals surface area contributed by atoms with Gasteiger partial charge in [0.2, 0.25) is 5.91 Å². The van der Waals surface area contributed by atoms with E-state index in [4.69, 9.17) is 0 Å². The molecule has 0 radical (unpaired) electrons. The van der Waals surface area contributed by atoms with Crippen molar-refractivity contribution in [1.82, 2.24) is 9.88 Å². The molecule has 0 saturated carbocycles. The maximum absolute atomic E-state index is 12.4. The minimum Gasteiger partial charge on any atom is -0.356 e. The van der Waals surface area contributed by atoms with Crippen LogP contribution in [0, 0.1) is 5.92 Å². The monoisotopic (exact) mass is 268 g/mol. The summed E-state index contributed by atoms with van der Waals surface area (Å²) in [6.07, 6.45) is 4.25. The van der Waals surface area contributed by atoms with Gasteiger partial charge in [0.25, 0.3) is 0 Å². The van der Waals surface area contributed by atoms with Crippen LogP contribution in [0.3, 0.4) is 0 Å². The number of para-hydroxylation sites is 1. The number of hydrogen-bond acceptors (Lipinski definition) is 1. The third-order valence-corrected chi connectivity index (χ3v) is 4.96. The zero-order valence-electron chi connectivity index (χ0n) is 11.9. The summed E-state index contributed by atoms with van der Waals surface area (Å²) < 4.78 is 0. The first-order valence-electron chi connectivity index (χ1n) is 7.65. The Labute approximate surface area is 119 Å². The van der Waals surface area contributed by atoms with E-state index in [-0.39, 0.29) is 12.0 Å². The van der Waals surface area contributed by atoms with Gasteiger partial charge in [0.1, 0.15) is 0 Å². The second kappa shape index (κ2) is 4.37. The number of aromatic nitrogens is 1. The van der Waals surface area contributed by atoms with E-state index in [0.29, 0.717) is 5.91 Å². The third kappa shape index (κ3) is 1.62. The molecule has 2 aliphatic heterocycles. The fraction of sp³-hybridized carbons (Fsp3) is 0.471. The lowest BCUT2D eigenvalue weighted by molar-refractivity contribution is -0.141. The molecule has 4 rings (SSSR count). The Kier molecular flexibility index (Phi) is 2.62. The van der Waals surface area contributed by atoms with Crippen LogP contribution < -0.4 is 0 Å². The Hall–Kier alpha value is -1.77. The normalized spacial score (nSPS) is 26.2. The molecule has 0 unspecified atom stereocenters. The molecule has 1 N–H and O–H groups in total. The van der Waals surface area contributed by atoms with E-state index in [2.05, 4.69) is 41.1 Å². The Balaban J connectivity index is 1.86. The number of fused-ring (bicyclic) bond motifs is 5. The maximum Gasteiger partial charge on any atom is 0.225 e. The van der Waals surface area contributed by atoms with Crippen molar-refractivity contribution >= 4 is 16.8 Å². The molecule has 20 heavy (non-hydrogen) atoms. The first-order chi connectivity index (χ1) is 9.75. The predicted molar refractivity (Wildman–Crippen MR) is 79.5 cm³/mol. The highest BCUT2D eigenvalue weighted by Gasteiger charge is 2.37. The Morgan fingerprint density at radius 1 is 1.25 bits per heavy atom. The molecule has 0 bridgehead atoms. The molecule has 2 aromatic rings. The Morgan fingerprint density at radius 3 is 3.00 bits per heavy atom. The molecule has 3 nitrogen and oxygen atoms in total. The number of nitrogens with one attached hydrogen (secondary N) is 1. The number of amides is 1. The van der Waals surface area contributed by atoms with Crippen LogP contribution in [0.4, 0.5) is 0 Å². The van der Waals surface area contributed by atoms with E-state index in [1.807, 2.05) is 0 Å². The van der Waals surface area contributed by atoms with E-state index in [1.54, 1.807) is 0 Å². The van der Waals surface area contributed by atoms with Crippen LogP contribution >= 0.6 is 0 Å². The number of H-pyrrole nitrogens is 1. The van der Waals surface area contributed by atoms with Crippen LogP contribution in [-0.4, -0.2) is 22.3 Å². The van der Waals surface area contributed by atoms with E-state index in [1.165, 1.54) is 22.2 Å². The van der Waals surface area contributed by atoms with Crippen LogP contribution in [0.1, 0.15) is 43.5 Å². The zero-order chi connectivity index (χ0) is 13.7. The summed E-state index contributed by atoms with van der Waals surface area (Å²) in [7, 11) is 0. The maximum atomic E-state index is 12.4. The van der Waals surface area contributed by atoms with Crippen LogP contribution in [0.5, 0.6) is 0 Å². The second-order valence-corrected chi connectivity index (χ2v) is 6.19. The SMILES string of the molecule is C[C@H]1CC[C@@H]2c3[nH]c4ccccc4c3CCCN2C1=O. The molecular formula is C17H20N2O. The topological polar surface area (TPSA) is 36.1 Å². The molecule has 1 amide bonds. The van der Waals surface area contributed by atoms with Gasteiger partial charge in [0, 0.05) is 29.1 Å². The summed E-state index contributed by atoms with van der Waals surface area (Å²) in [5.41, 5.74) is 3.95. The minimum absolute atomic E-state index is 0.192. The number of benzene rings is 1. The predicted octanol–water partition coefficient (Wildman–Crippen LogP) is 3.41. The molecular weight excluding hydrogens is 248 g/mol. The van der Waals surface area contributed by atoms with Crippen LogP contribution in [-0.2, 0) is 11.2 Å². The van der Waals surface area contributed by atoms with Crippen molar-refractivity contribution in [3.05, 3.63) is 35.5 Å². The first kappa shape index (κ1) is 12.0. The average molecular weight is 268 g/mol. The fourth-order valence-corrected chi connectivity index (χ4v) is 3.89. The molecule has 3 heterocycles. The molecule has 1 fully saturated rings. The van der Waals surface area contributed by atoms with Gasteiger partial charge in [0.15, 0.2) is 0 Å². The number of carbonyl (C=O) groups excluding carboxylic acids is 1. The largest absolute Gasteiger partial charge is 0.356 e. The van der Waals surface area contributed by atoms with Crippen LogP contribution in [0.2, 0.25) is 0 Å². The molecule has 2 atom stereocenters. The van der Waals surface area contributed by atoms with Crippen molar-refractivity contribution in [3.63, 3.8) is 0 Å². The number of piperidine rings is 1. The molecule has 1 saturated heterocycles. The standard InChI is InChI=1S/C17H20N2O/c1-11-8-9-15-16-13(6-4-10-19(15)17(11)20)12-5-2-3-7-14(12)18-16/h2-3,5,7,11,15,18H,4,6,8-10H2,1H3/t11-,15+/m0/s1. The van der Waals surface area contributed by atoms with Gasteiger partial charge in [-0.15, -0.1) is 0 Å². The Morgan fingerprint density at radius 2 is 2.10 bits per heavy atom. The number of hydrogen-bond donors (Lipinski definition) is 1. The quantitative estimate of drug-likeness (QED) is 0.781. The third-order valence-electron chi connectivity index (χ3n) is 4.96. The summed E-state index contributed by atoms with van der Waals surface area (Å²) in [5.74, 6) is 0.532. The highest BCUT2D eigenvalue weighted by molar-refractivity contribution is 5.86. The number of rotatable bonds is 0. The molecule has 2 aliphatic rings. The highest BCUT2D eigenvalue weighted by Crippen LogP contribution is 2.40. The second-order valence-electron chi connectivity index (χ2n) is 6.19. The van der Waals surface area contributed by atoms with Gasteiger partial charge in [-0.3, -0.25) is 4.79 Å². The first-order valence-corrected chi connectivity index (χ1v) is 7.65. The number of aryl methyl sites for hydroxylation is 1. The summed E-state index contributed by atoms with van der Waals surface area (Å²) in [5, 5.41) is 1.34. The van der Waals surface area contributed by atoms with Crippen molar-refractivity contribution in [1.29, 1.82) is 0 Å². The zero-order valence-corrected chi connectivity index (χ0v) is 11.9. The number of nitrogens with zero attached hydrogens (tertiary/aromatic N) is 1. The van der Waals surface area contributed by atoms with E-state index in [9.17, 15) is 4.79 Å². The van der Waals surface area contributed by atoms with Gasteiger partial charge in [-0.25, -0.2) is 0 Å². The van der Waals surface area contributed by atoms with E-state index < -0.39 is 0 Å². The van der Waals surface area contributed by atoms with Gasteiger partial charge in [-0.2, -0.15) is 0 Å². The van der Waals surface area contributed by atoms with Crippen molar-refractivity contribution in [2.75, 3.05) is 6.54 Å². The van der Waals surface area contributed by atoms with Gasteiger partial charge in [-0.05, 0) is 37.3 Å². The lowest BCUT2D eigenvalue weighted by Crippen LogP contribution is -2.42. The van der Waals surface area contributed by atoms with E-state index in [0.717, 1.165) is 32.2 Å². The summed E-state index contributed by atoms with van der Waals surface area (Å²) >= 11 is 0. The van der Waals surface area contributed by atoms with Crippen molar-refractivity contribution in [3.8, 4) is 0 Å².